The lowest BCUT2D eigenvalue weighted by atomic mass is 9.56. The van der Waals surface area contributed by atoms with Crippen LogP contribution in [-0.4, -0.2) is 71.2 Å². The van der Waals surface area contributed by atoms with Gasteiger partial charge in [-0.15, -0.1) is 11.3 Å². The number of carbonyl (C=O) groups is 3. The quantitative estimate of drug-likeness (QED) is 0.614. The molecule has 33 heavy (non-hydrogen) atoms. The minimum absolute atomic E-state index is 0.0327. The molecule has 3 aliphatic rings. The lowest BCUT2D eigenvalue weighted by molar-refractivity contribution is -0.195. The molecule has 1 atom stereocenters. The number of hydrogen-bond donors (Lipinski definition) is 2. The van der Waals surface area contributed by atoms with Gasteiger partial charge in [0.2, 0.25) is 5.91 Å². The average Bonchev–Trinajstić information content (AvgIpc) is 3.25. The fourth-order valence-electron chi connectivity index (χ4n) is 5.59. The van der Waals surface area contributed by atoms with Crippen LogP contribution in [0.1, 0.15) is 62.3 Å². The number of methoxy groups -OCH3 is 1. The number of urea groups is 1. The zero-order chi connectivity index (χ0) is 23.6. The van der Waals surface area contributed by atoms with Crippen LogP contribution >= 0.6 is 11.3 Å². The number of fused-ring (bicyclic) bond motifs is 1. The number of amides is 3. The number of carbonyl (C=O) groups excluding carboxylic acids is 3. The minimum Gasteiger partial charge on any atom is -0.469 e. The van der Waals surface area contributed by atoms with E-state index in [-0.39, 0.29) is 17.9 Å². The molecule has 4 rings (SSSR count). The van der Waals surface area contributed by atoms with Crippen LogP contribution in [0.2, 0.25) is 0 Å². The van der Waals surface area contributed by atoms with Crippen LogP contribution in [0.4, 0.5) is 4.79 Å². The molecule has 8 nitrogen and oxygen atoms in total. The van der Waals surface area contributed by atoms with Gasteiger partial charge in [0, 0.05) is 31.1 Å². The van der Waals surface area contributed by atoms with Crippen LogP contribution in [0.5, 0.6) is 0 Å². The van der Waals surface area contributed by atoms with E-state index < -0.39 is 17.1 Å². The third-order valence-corrected chi connectivity index (χ3v) is 8.87. The second kappa shape index (κ2) is 9.62. The lowest BCUT2D eigenvalue weighted by Gasteiger charge is -2.53. The molecule has 0 bridgehead atoms. The van der Waals surface area contributed by atoms with E-state index in [1.54, 1.807) is 16.2 Å². The van der Waals surface area contributed by atoms with Gasteiger partial charge in [-0.1, -0.05) is 19.8 Å². The summed E-state index contributed by atoms with van der Waals surface area (Å²) in [5, 5.41) is 16.3. The van der Waals surface area contributed by atoms with Gasteiger partial charge in [-0.25, -0.2) is 4.79 Å². The van der Waals surface area contributed by atoms with Crippen molar-refractivity contribution in [2.75, 3.05) is 26.7 Å². The van der Waals surface area contributed by atoms with Gasteiger partial charge in [-0.2, -0.15) is 0 Å². The topological polar surface area (TPSA) is 99.2 Å². The van der Waals surface area contributed by atoms with Crippen LogP contribution in [0.3, 0.4) is 0 Å². The van der Waals surface area contributed by atoms with Crippen molar-refractivity contribution in [3.05, 3.63) is 21.9 Å². The van der Waals surface area contributed by atoms with Crippen molar-refractivity contribution in [3.8, 4) is 0 Å². The summed E-state index contributed by atoms with van der Waals surface area (Å²) in [5.74, 6) is -0.382. The Bertz CT molecular complexity index is 888. The lowest BCUT2D eigenvalue weighted by Crippen LogP contribution is -2.63. The van der Waals surface area contributed by atoms with E-state index in [2.05, 4.69) is 16.8 Å². The van der Waals surface area contributed by atoms with E-state index in [1.807, 2.05) is 11.8 Å². The number of nitrogens with one attached hydrogen (secondary N) is 1. The Balaban J connectivity index is 1.36. The molecule has 1 saturated carbocycles. The van der Waals surface area contributed by atoms with Crippen molar-refractivity contribution < 1.29 is 24.2 Å². The Morgan fingerprint density at radius 3 is 2.52 bits per heavy atom. The maximum atomic E-state index is 13.2. The minimum atomic E-state index is -1.15. The number of hydrogen-bond acceptors (Lipinski definition) is 6. The van der Waals surface area contributed by atoms with E-state index in [0.717, 1.165) is 19.3 Å². The largest absolute Gasteiger partial charge is 0.469 e. The first-order chi connectivity index (χ1) is 15.8. The summed E-state index contributed by atoms with van der Waals surface area (Å²) >= 11 is 1.73. The fourth-order valence-corrected chi connectivity index (χ4v) is 6.48. The number of ether oxygens (including phenoxy) is 1. The molecular weight excluding hydrogens is 442 g/mol. The molecule has 0 radical (unpaired) electrons. The molecule has 3 amide bonds. The zero-order valence-electron chi connectivity index (χ0n) is 19.6. The molecule has 1 saturated heterocycles. The molecule has 1 unspecified atom stereocenters. The summed E-state index contributed by atoms with van der Waals surface area (Å²) in [4.78, 5) is 43.5. The summed E-state index contributed by atoms with van der Waals surface area (Å²) in [6, 6.07) is 1.24. The molecule has 0 aromatic carbocycles. The van der Waals surface area contributed by atoms with E-state index >= 15 is 0 Å². The van der Waals surface area contributed by atoms with Gasteiger partial charge in [0.25, 0.3) is 0 Å². The second-order valence-corrected chi connectivity index (χ2v) is 10.6. The predicted octanol–water partition coefficient (Wildman–Crippen LogP) is 2.68. The van der Waals surface area contributed by atoms with Crippen molar-refractivity contribution in [2.24, 2.45) is 5.41 Å². The summed E-state index contributed by atoms with van der Waals surface area (Å²) in [6.07, 6.45) is 5.03. The Morgan fingerprint density at radius 2 is 1.91 bits per heavy atom. The van der Waals surface area contributed by atoms with Crippen molar-refractivity contribution in [2.45, 2.75) is 76.5 Å². The molecule has 1 aromatic heterocycles. The molecule has 9 heteroatoms. The Kier molecular flexibility index (Phi) is 7.00. The number of likely N-dealkylation sites (tertiary alicyclic amines) is 1. The molecule has 182 valence electrons. The molecular formula is C24H35N3O5S. The summed E-state index contributed by atoms with van der Waals surface area (Å²) in [6.45, 7) is 3.96. The third kappa shape index (κ3) is 4.37. The second-order valence-electron chi connectivity index (χ2n) is 9.62. The smallest absolute Gasteiger partial charge is 0.318 e. The van der Waals surface area contributed by atoms with Gasteiger partial charge in [-0.05, 0) is 55.5 Å². The van der Waals surface area contributed by atoms with Crippen LogP contribution in [0, 0.1) is 5.41 Å². The van der Waals surface area contributed by atoms with E-state index in [1.165, 1.54) is 17.6 Å². The number of piperidine rings is 1. The molecule has 0 spiro atoms. The van der Waals surface area contributed by atoms with Gasteiger partial charge in [0.1, 0.15) is 6.04 Å². The average molecular weight is 478 g/mol. The number of aliphatic hydroxyl groups is 1. The van der Waals surface area contributed by atoms with Gasteiger partial charge >= 0.3 is 12.0 Å². The van der Waals surface area contributed by atoms with Crippen LogP contribution < -0.4 is 5.32 Å². The highest BCUT2D eigenvalue weighted by Crippen LogP contribution is 2.54. The summed E-state index contributed by atoms with van der Waals surface area (Å²) in [5.41, 5.74) is -0.799. The maximum absolute atomic E-state index is 13.2. The van der Waals surface area contributed by atoms with Crippen molar-refractivity contribution >= 4 is 29.2 Å². The van der Waals surface area contributed by atoms with Crippen molar-refractivity contribution in [1.82, 2.24) is 15.1 Å². The van der Waals surface area contributed by atoms with Gasteiger partial charge < -0.3 is 25.0 Å². The van der Waals surface area contributed by atoms with Gasteiger partial charge in [0.15, 0.2) is 0 Å². The Labute approximate surface area is 199 Å². The zero-order valence-corrected chi connectivity index (χ0v) is 20.4. The third-order valence-electron chi connectivity index (χ3n) is 7.84. The van der Waals surface area contributed by atoms with E-state index in [0.29, 0.717) is 58.3 Å². The first-order valence-corrected chi connectivity index (χ1v) is 12.9. The predicted molar refractivity (Wildman–Crippen MR) is 125 cm³/mol. The maximum Gasteiger partial charge on any atom is 0.318 e. The van der Waals surface area contributed by atoms with Gasteiger partial charge in [0.05, 0.1) is 18.1 Å². The van der Waals surface area contributed by atoms with E-state index in [9.17, 15) is 19.5 Å². The monoisotopic (exact) mass is 477 g/mol. The van der Waals surface area contributed by atoms with E-state index in [4.69, 9.17) is 4.74 Å². The Morgan fingerprint density at radius 1 is 1.18 bits per heavy atom. The molecule has 1 aromatic rings. The number of rotatable bonds is 6. The number of thiophene rings is 1. The van der Waals surface area contributed by atoms with Crippen LogP contribution in [-0.2, 0) is 27.3 Å². The van der Waals surface area contributed by atoms with Crippen LogP contribution in [0.15, 0.2) is 11.4 Å². The summed E-state index contributed by atoms with van der Waals surface area (Å²) in [7, 11) is 1.36. The summed E-state index contributed by atoms with van der Waals surface area (Å²) < 4.78 is 5.00. The first kappa shape index (κ1) is 24.0. The molecule has 3 heterocycles. The number of esters is 1. The number of nitrogens with zero attached hydrogens (tertiary/aromatic N) is 2. The molecule has 2 N–H and O–H groups in total. The highest BCUT2D eigenvalue weighted by atomic mass is 32.1. The molecule has 2 fully saturated rings. The Hall–Kier alpha value is -2.13. The van der Waals surface area contributed by atoms with Crippen molar-refractivity contribution in [3.63, 3.8) is 0 Å². The highest BCUT2D eigenvalue weighted by Gasteiger charge is 2.60. The fraction of sp³-hybridized carbons (Fsp3) is 0.708. The first-order valence-electron chi connectivity index (χ1n) is 12.0. The van der Waals surface area contributed by atoms with Crippen molar-refractivity contribution in [1.29, 1.82) is 0 Å². The molecule has 2 aliphatic heterocycles. The standard InChI is InChI=1S/C24H35N3O5S/c1-3-5-18(20(28)27-12-6-19-17(16-27)7-15-33-19)25-22(30)26-13-10-24(31,11-14-26)23(8-4-9-23)21(29)32-2/h7,15,18,31H,3-6,8-14,16H2,1-2H3,(H,25,30). The highest BCUT2D eigenvalue weighted by molar-refractivity contribution is 7.10. The van der Waals surface area contributed by atoms with Crippen LogP contribution in [0.25, 0.3) is 0 Å². The molecule has 1 aliphatic carbocycles. The van der Waals surface area contributed by atoms with Gasteiger partial charge in [-0.3, -0.25) is 9.59 Å². The normalized spacial score (nSPS) is 22.0. The SMILES string of the molecule is CCCC(NC(=O)N1CCC(O)(C2(C(=O)OC)CCC2)CC1)C(=O)N1CCc2sccc2C1.